The van der Waals surface area contributed by atoms with Crippen LogP contribution in [-0.4, -0.2) is 25.7 Å². The Bertz CT molecular complexity index is 1030. The smallest absolute Gasteiger partial charge is 0.244 e. The summed E-state index contributed by atoms with van der Waals surface area (Å²) in [6, 6.07) is 11.4. The number of carbonyl (C=O) groups excluding carboxylic acids is 1. The van der Waals surface area contributed by atoms with Crippen LogP contribution in [0, 0.1) is 0 Å². The van der Waals surface area contributed by atoms with Gasteiger partial charge in [-0.25, -0.2) is 0 Å². The summed E-state index contributed by atoms with van der Waals surface area (Å²) in [5.41, 5.74) is 0.656. The van der Waals surface area contributed by atoms with Crippen molar-refractivity contribution in [3.8, 4) is 0 Å². The van der Waals surface area contributed by atoms with Crippen LogP contribution in [0.25, 0.3) is 22.5 Å². The highest BCUT2D eigenvalue weighted by molar-refractivity contribution is 5.94. The normalized spacial score (nSPS) is 11.5. The predicted octanol–water partition coefficient (Wildman–Crippen LogP) is 2.20. The summed E-state index contributed by atoms with van der Waals surface area (Å²) in [5.74, 6) is 0.936. The number of furan rings is 1. The van der Waals surface area contributed by atoms with Gasteiger partial charge in [-0.1, -0.05) is 24.3 Å². The monoisotopic (exact) mass is 319 g/mol. The molecule has 3 aromatic heterocycles. The quantitative estimate of drug-likeness (QED) is 0.583. The zero-order valence-corrected chi connectivity index (χ0v) is 12.6. The Labute approximate surface area is 136 Å². The second kappa shape index (κ2) is 5.96. The Morgan fingerprint density at radius 1 is 1.21 bits per heavy atom. The minimum atomic E-state index is -0.246. The third-order valence-electron chi connectivity index (χ3n) is 3.58. The molecule has 0 saturated heterocycles. The van der Waals surface area contributed by atoms with Crippen LogP contribution in [0.15, 0.2) is 59.4 Å². The largest absolute Gasteiger partial charge is 0.467 e. The fraction of sp³-hybridized carbons (Fsp3) is 0.0588. The molecule has 0 aliphatic rings. The summed E-state index contributed by atoms with van der Waals surface area (Å²) < 4.78 is 6.77. The van der Waals surface area contributed by atoms with Crippen molar-refractivity contribution in [2.75, 3.05) is 0 Å². The molecular weight excluding hydrogens is 306 g/mol. The molecule has 118 valence electrons. The molecule has 0 aliphatic heterocycles. The lowest BCUT2D eigenvalue weighted by atomic mass is 10.2. The molecule has 0 bridgehead atoms. The predicted molar refractivity (Wildman–Crippen MR) is 87.9 cm³/mol. The molecule has 1 amide bonds. The summed E-state index contributed by atoms with van der Waals surface area (Å²) in [4.78, 5) is 11.9. The molecule has 0 spiro atoms. The zero-order chi connectivity index (χ0) is 16.4. The number of benzene rings is 1. The van der Waals surface area contributed by atoms with Gasteiger partial charge < -0.3 is 9.73 Å². The lowest BCUT2D eigenvalue weighted by molar-refractivity contribution is -0.116. The Kier molecular flexibility index (Phi) is 3.51. The molecule has 0 unspecified atom stereocenters. The van der Waals surface area contributed by atoms with Crippen molar-refractivity contribution in [1.82, 2.24) is 25.1 Å². The van der Waals surface area contributed by atoms with Crippen molar-refractivity contribution in [1.29, 1.82) is 0 Å². The van der Waals surface area contributed by atoms with E-state index in [0.717, 1.165) is 10.8 Å². The van der Waals surface area contributed by atoms with Crippen LogP contribution in [0.1, 0.15) is 11.6 Å². The number of hydrogen-bond acceptors (Lipinski definition) is 5. The molecule has 7 nitrogen and oxygen atoms in total. The highest BCUT2D eigenvalue weighted by Gasteiger charge is 2.08. The van der Waals surface area contributed by atoms with Crippen molar-refractivity contribution >= 4 is 28.4 Å². The van der Waals surface area contributed by atoms with E-state index in [1.165, 1.54) is 6.08 Å². The average molecular weight is 319 g/mol. The van der Waals surface area contributed by atoms with E-state index in [0.29, 0.717) is 23.8 Å². The highest BCUT2D eigenvalue weighted by Crippen LogP contribution is 2.17. The Hall–Kier alpha value is -3.48. The van der Waals surface area contributed by atoms with Crippen LogP contribution in [0.2, 0.25) is 0 Å². The fourth-order valence-electron chi connectivity index (χ4n) is 2.41. The Morgan fingerprint density at radius 3 is 3.00 bits per heavy atom. The molecule has 0 atom stereocenters. The molecule has 4 aromatic rings. The van der Waals surface area contributed by atoms with Gasteiger partial charge in [0.2, 0.25) is 5.91 Å². The fourth-order valence-corrected chi connectivity index (χ4v) is 2.41. The maximum absolute atomic E-state index is 11.9. The first-order valence-corrected chi connectivity index (χ1v) is 7.39. The van der Waals surface area contributed by atoms with E-state index in [9.17, 15) is 4.79 Å². The second-order valence-electron chi connectivity index (χ2n) is 5.16. The molecule has 1 N–H and O–H groups in total. The van der Waals surface area contributed by atoms with E-state index in [1.54, 1.807) is 35.2 Å². The van der Waals surface area contributed by atoms with Crippen LogP contribution in [0.4, 0.5) is 0 Å². The van der Waals surface area contributed by atoms with Gasteiger partial charge in [-0.3, -0.25) is 4.79 Å². The van der Waals surface area contributed by atoms with Gasteiger partial charge in [-0.15, -0.1) is 10.2 Å². The number of aromatic nitrogens is 4. The first-order valence-electron chi connectivity index (χ1n) is 7.39. The molecule has 1 aromatic carbocycles. The zero-order valence-electron chi connectivity index (χ0n) is 12.6. The first-order chi connectivity index (χ1) is 11.8. The minimum Gasteiger partial charge on any atom is -0.467 e. The minimum absolute atomic E-state index is 0.246. The molecular formula is C17H13N5O2. The van der Waals surface area contributed by atoms with Gasteiger partial charge in [0, 0.05) is 16.8 Å². The lowest BCUT2D eigenvalue weighted by Gasteiger charge is -1.99. The summed E-state index contributed by atoms with van der Waals surface area (Å²) in [7, 11) is 0. The molecule has 0 fully saturated rings. The molecule has 3 heterocycles. The first kappa shape index (κ1) is 14.1. The maximum Gasteiger partial charge on any atom is 0.244 e. The third kappa shape index (κ3) is 2.63. The van der Waals surface area contributed by atoms with Gasteiger partial charge in [0.05, 0.1) is 19.0 Å². The second-order valence-corrected chi connectivity index (χ2v) is 5.16. The SMILES string of the molecule is O=C(/C=C/c1nnc2c3ccccc3cnn12)NCc1ccco1. The maximum atomic E-state index is 11.9. The summed E-state index contributed by atoms with van der Waals surface area (Å²) in [5, 5.41) is 17.3. The molecule has 4 rings (SSSR count). The van der Waals surface area contributed by atoms with Gasteiger partial charge in [0.25, 0.3) is 0 Å². The van der Waals surface area contributed by atoms with Gasteiger partial charge >= 0.3 is 0 Å². The van der Waals surface area contributed by atoms with E-state index in [1.807, 2.05) is 24.3 Å². The van der Waals surface area contributed by atoms with Crippen molar-refractivity contribution in [2.45, 2.75) is 6.54 Å². The van der Waals surface area contributed by atoms with E-state index in [2.05, 4.69) is 20.6 Å². The molecule has 24 heavy (non-hydrogen) atoms. The number of rotatable bonds is 4. The van der Waals surface area contributed by atoms with Gasteiger partial charge in [-0.2, -0.15) is 9.61 Å². The van der Waals surface area contributed by atoms with Crippen LogP contribution >= 0.6 is 0 Å². The van der Waals surface area contributed by atoms with E-state index < -0.39 is 0 Å². The van der Waals surface area contributed by atoms with E-state index in [4.69, 9.17) is 4.42 Å². The van der Waals surface area contributed by atoms with Crippen LogP contribution < -0.4 is 5.32 Å². The molecule has 0 radical (unpaired) electrons. The number of hydrogen-bond donors (Lipinski definition) is 1. The highest BCUT2D eigenvalue weighted by atomic mass is 16.3. The third-order valence-corrected chi connectivity index (χ3v) is 3.58. The van der Waals surface area contributed by atoms with Crippen molar-refractivity contribution in [2.24, 2.45) is 0 Å². The number of nitrogens with zero attached hydrogens (tertiary/aromatic N) is 4. The van der Waals surface area contributed by atoms with Gasteiger partial charge in [-0.05, 0) is 18.2 Å². The molecule has 7 heteroatoms. The molecule has 0 saturated carbocycles. The number of carbonyl (C=O) groups is 1. The summed E-state index contributed by atoms with van der Waals surface area (Å²) >= 11 is 0. The Morgan fingerprint density at radius 2 is 2.12 bits per heavy atom. The number of amides is 1. The summed E-state index contributed by atoms with van der Waals surface area (Å²) in [6.07, 6.45) is 6.30. The standard InChI is InChI=1S/C17H13N5O2/c23-16(18-11-13-5-3-9-24-13)8-7-15-20-21-17-14-6-2-1-4-12(14)10-19-22(15)17/h1-10H,11H2,(H,18,23)/b8-7+. The van der Waals surface area contributed by atoms with Crippen LogP contribution in [-0.2, 0) is 11.3 Å². The van der Waals surface area contributed by atoms with Crippen LogP contribution in [0.5, 0.6) is 0 Å². The summed E-state index contributed by atoms with van der Waals surface area (Å²) in [6.45, 7) is 0.333. The Balaban J connectivity index is 1.56. The topological polar surface area (TPSA) is 85.3 Å². The number of fused-ring (bicyclic) bond motifs is 3. The lowest BCUT2D eigenvalue weighted by Crippen LogP contribution is -2.19. The van der Waals surface area contributed by atoms with Gasteiger partial charge in [0.15, 0.2) is 11.5 Å². The average Bonchev–Trinajstić information content (AvgIpc) is 3.27. The van der Waals surface area contributed by atoms with Crippen molar-refractivity contribution < 1.29 is 9.21 Å². The van der Waals surface area contributed by atoms with E-state index in [-0.39, 0.29) is 5.91 Å². The van der Waals surface area contributed by atoms with Gasteiger partial charge in [0.1, 0.15) is 5.76 Å². The number of nitrogens with one attached hydrogen (secondary N) is 1. The van der Waals surface area contributed by atoms with Crippen molar-refractivity contribution in [3.63, 3.8) is 0 Å². The van der Waals surface area contributed by atoms with Crippen molar-refractivity contribution in [3.05, 3.63) is 66.5 Å². The van der Waals surface area contributed by atoms with Crippen LogP contribution in [0.3, 0.4) is 0 Å². The molecule has 0 aliphatic carbocycles. The van der Waals surface area contributed by atoms with E-state index >= 15 is 0 Å².